The van der Waals surface area contributed by atoms with Crippen molar-refractivity contribution in [3.8, 4) is 0 Å². The Balaban J connectivity index is 3.19. The van der Waals surface area contributed by atoms with Gasteiger partial charge in [-0.05, 0) is 18.2 Å². The van der Waals surface area contributed by atoms with Crippen LogP contribution < -0.4 is 0 Å². The fourth-order valence-electron chi connectivity index (χ4n) is 0.715. The highest BCUT2D eigenvalue weighted by atomic mass is 35.5. The van der Waals surface area contributed by atoms with Crippen LogP contribution in [0.4, 0.5) is 0 Å². The van der Waals surface area contributed by atoms with Gasteiger partial charge in [-0.1, -0.05) is 23.2 Å². The van der Waals surface area contributed by atoms with Crippen molar-refractivity contribution in [2.75, 3.05) is 0 Å². The summed E-state index contributed by atoms with van der Waals surface area (Å²) in [5, 5.41) is 0.897. The van der Waals surface area contributed by atoms with E-state index in [0.717, 1.165) is 0 Å². The summed E-state index contributed by atoms with van der Waals surface area (Å²) in [6.07, 6.45) is 0. The van der Waals surface area contributed by atoms with Gasteiger partial charge in [-0.2, -0.15) is 0 Å². The average Bonchev–Trinajstić information content (AvgIpc) is 1.85. The molecule has 0 atom stereocenters. The number of carbonyl (C=O) groups is 1. The van der Waals surface area contributed by atoms with Gasteiger partial charge < -0.3 is 0 Å². The Morgan fingerprint density at radius 3 is 2.00 bits per heavy atom. The molecule has 0 aliphatic carbocycles. The van der Waals surface area contributed by atoms with Gasteiger partial charge in [0.25, 0.3) is 0 Å². The molecule has 1 nitrogen and oxygen atoms in total. The van der Waals surface area contributed by atoms with Crippen molar-refractivity contribution < 1.29 is 4.79 Å². The number of halogens is 2. The molecule has 0 unspecified atom stereocenters. The zero-order valence-corrected chi connectivity index (χ0v) is 7.12. The summed E-state index contributed by atoms with van der Waals surface area (Å²) in [7, 11) is 0. The third kappa shape index (κ3) is 2.21. The number of benzene rings is 1. The van der Waals surface area contributed by atoms with Crippen molar-refractivity contribution in [2.24, 2.45) is 0 Å². The average molecular weight is 188 g/mol. The predicted octanol–water partition coefficient (Wildman–Crippen LogP) is 3.01. The molecule has 0 heterocycles. The maximum atomic E-state index is 10.7. The van der Waals surface area contributed by atoms with Gasteiger partial charge in [0.15, 0.2) is 5.78 Å². The molecule has 11 heavy (non-hydrogen) atoms. The van der Waals surface area contributed by atoms with Crippen LogP contribution >= 0.6 is 23.2 Å². The standard InChI is InChI=1S/C8H5Cl2O/c1-5(11)6-2-7(9)4-8(10)3-6/h2-4H,1H2. The molecule has 0 saturated carbocycles. The Morgan fingerprint density at radius 2 is 1.64 bits per heavy atom. The number of carbonyl (C=O) groups excluding carboxylic acids is 1. The normalized spacial score (nSPS) is 9.73. The molecule has 0 N–H and O–H groups in total. The van der Waals surface area contributed by atoms with Crippen LogP contribution in [0.1, 0.15) is 10.4 Å². The number of Topliss-reactive ketones (excluding diaryl/α,β-unsaturated/α-hetero) is 1. The molecule has 0 saturated heterocycles. The molecule has 1 aromatic rings. The number of hydrogen-bond acceptors (Lipinski definition) is 1. The molecular weight excluding hydrogens is 183 g/mol. The Kier molecular flexibility index (Phi) is 2.53. The second-order valence-electron chi connectivity index (χ2n) is 2.08. The fraction of sp³-hybridized carbons (Fsp3) is 0. The van der Waals surface area contributed by atoms with Crippen LogP contribution in [-0.4, -0.2) is 5.78 Å². The van der Waals surface area contributed by atoms with E-state index in [2.05, 4.69) is 6.92 Å². The van der Waals surface area contributed by atoms with Gasteiger partial charge in [-0.3, -0.25) is 4.79 Å². The van der Waals surface area contributed by atoms with E-state index in [1.807, 2.05) is 0 Å². The lowest BCUT2D eigenvalue weighted by molar-refractivity contribution is 0.104. The molecule has 3 heteroatoms. The summed E-state index contributed by atoms with van der Waals surface area (Å²) in [6.45, 7) is 3.23. The van der Waals surface area contributed by atoms with Crippen molar-refractivity contribution in [1.29, 1.82) is 0 Å². The summed E-state index contributed by atoms with van der Waals surface area (Å²) in [5.41, 5.74) is 0.433. The van der Waals surface area contributed by atoms with Crippen LogP contribution in [0.3, 0.4) is 0 Å². The maximum Gasteiger partial charge on any atom is 0.163 e. The third-order valence-electron chi connectivity index (χ3n) is 1.18. The number of rotatable bonds is 1. The Hall–Kier alpha value is -0.530. The van der Waals surface area contributed by atoms with Gasteiger partial charge in [-0.15, -0.1) is 0 Å². The van der Waals surface area contributed by atoms with Gasteiger partial charge >= 0.3 is 0 Å². The van der Waals surface area contributed by atoms with Crippen LogP contribution in [0, 0.1) is 6.92 Å². The zero-order chi connectivity index (χ0) is 8.43. The molecule has 0 aliphatic heterocycles. The van der Waals surface area contributed by atoms with E-state index in [0.29, 0.717) is 15.6 Å². The Morgan fingerprint density at radius 1 is 1.18 bits per heavy atom. The second-order valence-corrected chi connectivity index (χ2v) is 2.95. The highest BCUT2D eigenvalue weighted by molar-refractivity contribution is 6.35. The summed E-state index contributed by atoms with van der Waals surface area (Å²) >= 11 is 11.3. The van der Waals surface area contributed by atoms with E-state index < -0.39 is 0 Å². The first kappa shape index (κ1) is 8.57. The Labute approximate surface area is 74.9 Å². The summed E-state index contributed by atoms with van der Waals surface area (Å²) in [6, 6.07) is 4.63. The molecule has 0 amide bonds. The van der Waals surface area contributed by atoms with Gasteiger partial charge in [0.1, 0.15) is 0 Å². The summed E-state index contributed by atoms with van der Waals surface area (Å²) in [4.78, 5) is 10.7. The predicted molar refractivity (Wildman–Crippen MR) is 46.1 cm³/mol. The highest BCUT2D eigenvalue weighted by Gasteiger charge is 2.01. The fourth-order valence-corrected chi connectivity index (χ4v) is 1.24. The minimum absolute atomic E-state index is 0.283. The van der Waals surface area contributed by atoms with E-state index in [1.54, 1.807) is 6.07 Å². The summed E-state index contributed by atoms with van der Waals surface area (Å²) in [5.74, 6) is -0.283. The Bertz CT molecular complexity index is 274. The van der Waals surface area contributed by atoms with Crippen molar-refractivity contribution in [1.82, 2.24) is 0 Å². The van der Waals surface area contributed by atoms with Crippen molar-refractivity contribution >= 4 is 29.0 Å². The van der Waals surface area contributed by atoms with E-state index >= 15 is 0 Å². The molecule has 1 rings (SSSR count). The van der Waals surface area contributed by atoms with Crippen molar-refractivity contribution in [3.05, 3.63) is 40.7 Å². The van der Waals surface area contributed by atoms with Crippen LogP contribution in [0.15, 0.2) is 18.2 Å². The third-order valence-corrected chi connectivity index (χ3v) is 1.62. The van der Waals surface area contributed by atoms with E-state index in [1.165, 1.54) is 12.1 Å². The van der Waals surface area contributed by atoms with Crippen molar-refractivity contribution in [3.63, 3.8) is 0 Å². The molecule has 1 aromatic carbocycles. The van der Waals surface area contributed by atoms with Gasteiger partial charge in [0, 0.05) is 22.5 Å². The lowest BCUT2D eigenvalue weighted by atomic mass is 10.1. The first-order chi connectivity index (χ1) is 5.09. The second kappa shape index (κ2) is 3.24. The lowest BCUT2D eigenvalue weighted by Crippen LogP contribution is -1.91. The van der Waals surface area contributed by atoms with E-state index in [4.69, 9.17) is 23.2 Å². The molecule has 1 radical (unpaired) electrons. The van der Waals surface area contributed by atoms with E-state index in [-0.39, 0.29) is 5.78 Å². The number of hydrogen-bond donors (Lipinski definition) is 0. The highest BCUT2D eigenvalue weighted by Crippen LogP contribution is 2.18. The zero-order valence-electron chi connectivity index (χ0n) is 5.60. The molecule has 0 aromatic heterocycles. The molecule has 0 fully saturated rings. The topological polar surface area (TPSA) is 17.1 Å². The molecule has 57 valence electrons. The largest absolute Gasteiger partial charge is 0.294 e. The minimum atomic E-state index is -0.283. The van der Waals surface area contributed by atoms with Crippen molar-refractivity contribution in [2.45, 2.75) is 0 Å². The smallest absolute Gasteiger partial charge is 0.163 e. The molecule has 0 bridgehead atoms. The lowest BCUT2D eigenvalue weighted by Gasteiger charge is -1.96. The number of ketones is 1. The van der Waals surface area contributed by atoms with E-state index in [9.17, 15) is 4.79 Å². The molecular formula is C8H5Cl2O. The van der Waals surface area contributed by atoms with Gasteiger partial charge in [-0.25, -0.2) is 0 Å². The minimum Gasteiger partial charge on any atom is -0.294 e. The quantitative estimate of drug-likeness (QED) is 0.619. The van der Waals surface area contributed by atoms with Crippen LogP contribution in [0.5, 0.6) is 0 Å². The maximum absolute atomic E-state index is 10.7. The van der Waals surface area contributed by atoms with Crippen LogP contribution in [-0.2, 0) is 0 Å². The SMILES string of the molecule is [CH2]C(=O)c1cc(Cl)cc(Cl)c1. The first-order valence-corrected chi connectivity index (χ1v) is 3.67. The van der Waals surface area contributed by atoms with Crippen LogP contribution in [0.25, 0.3) is 0 Å². The van der Waals surface area contributed by atoms with Gasteiger partial charge in [0.2, 0.25) is 0 Å². The monoisotopic (exact) mass is 187 g/mol. The first-order valence-electron chi connectivity index (χ1n) is 2.92. The van der Waals surface area contributed by atoms with Crippen LogP contribution in [0.2, 0.25) is 10.0 Å². The molecule has 0 aliphatic rings. The summed E-state index contributed by atoms with van der Waals surface area (Å²) < 4.78 is 0. The van der Waals surface area contributed by atoms with Gasteiger partial charge in [0.05, 0.1) is 0 Å². The molecule has 0 spiro atoms.